The van der Waals surface area contributed by atoms with E-state index < -0.39 is 0 Å². The summed E-state index contributed by atoms with van der Waals surface area (Å²) in [6, 6.07) is 25.0. The molecule has 28 heavy (non-hydrogen) atoms. The van der Waals surface area contributed by atoms with E-state index in [9.17, 15) is 4.39 Å². The standard InChI is InChI=1S/C22H17FN4O/c23-16-7-6-8-17(15-16)25-21-13-14-24-22(27-21)26-19-11-4-5-12-20(19)28-18-9-2-1-3-10-18/h1-15H,(H2,24,25,26,27). The van der Waals surface area contributed by atoms with Crippen LogP contribution in [-0.2, 0) is 0 Å². The smallest absolute Gasteiger partial charge is 0.229 e. The first-order chi connectivity index (χ1) is 13.8. The molecule has 0 radical (unpaired) electrons. The van der Waals surface area contributed by atoms with Gasteiger partial charge in [0.25, 0.3) is 0 Å². The number of hydrogen-bond acceptors (Lipinski definition) is 5. The van der Waals surface area contributed by atoms with Crippen molar-refractivity contribution >= 4 is 23.1 Å². The largest absolute Gasteiger partial charge is 0.455 e. The molecule has 2 N–H and O–H groups in total. The van der Waals surface area contributed by atoms with Crippen LogP contribution in [0.25, 0.3) is 0 Å². The Labute approximate surface area is 161 Å². The number of anilines is 4. The van der Waals surface area contributed by atoms with Crippen molar-refractivity contribution in [2.75, 3.05) is 10.6 Å². The SMILES string of the molecule is Fc1cccc(Nc2ccnc(Nc3ccccc3Oc3ccccc3)n2)c1. The molecule has 5 nitrogen and oxygen atoms in total. The van der Waals surface area contributed by atoms with Gasteiger partial charge in [-0.05, 0) is 48.5 Å². The van der Waals surface area contributed by atoms with Crippen molar-refractivity contribution in [1.29, 1.82) is 0 Å². The van der Waals surface area contributed by atoms with E-state index in [1.54, 1.807) is 24.4 Å². The Kier molecular flexibility index (Phi) is 5.11. The zero-order valence-corrected chi connectivity index (χ0v) is 14.8. The first-order valence-corrected chi connectivity index (χ1v) is 8.71. The number of para-hydroxylation sites is 3. The van der Waals surface area contributed by atoms with E-state index >= 15 is 0 Å². The number of nitrogens with one attached hydrogen (secondary N) is 2. The van der Waals surface area contributed by atoms with Crippen LogP contribution in [0, 0.1) is 5.82 Å². The predicted octanol–water partition coefficient (Wildman–Crippen LogP) is 5.90. The van der Waals surface area contributed by atoms with Crippen molar-refractivity contribution in [3.05, 3.63) is 96.9 Å². The van der Waals surface area contributed by atoms with Crippen LogP contribution in [0.5, 0.6) is 11.5 Å². The lowest BCUT2D eigenvalue weighted by Gasteiger charge is -2.13. The first kappa shape index (κ1) is 17.5. The minimum absolute atomic E-state index is 0.315. The lowest BCUT2D eigenvalue weighted by Crippen LogP contribution is -2.01. The third-order valence-electron chi connectivity index (χ3n) is 3.86. The van der Waals surface area contributed by atoms with Gasteiger partial charge in [0.2, 0.25) is 5.95 Å². The molecule has 4 rings (SSSR count). The minimum Gasteiger partial charge on any atom is -0.455 e. The molecule has 0 bridgehead atoms. The van der Waals surface area contributed by atoms with Gasteiger partial charge in [-0.2, -0.15) is 4.98 Å². The van der Waals surface area contributed by atoms with Crippen LogP contribution >= 0.6 is 0 Å². The van der Waals surface area contributed by atoms with E-state index in [0.717, 1.165) is 11.4 Å². The van der Waals surface area contributed by atoms with Crippen LogP contribution in [0.15, 0.2) is 91.1 Å². The zero-order valence-electron chi connectivity index (χ0n) is 14.8. The second kappa shape index (κ2) is 8.18. The molecular weight excluding hydrogens is 355 g/mol. The first-order valence-electron chi connectivity index (χ1n) is 8.71. The number of halogens is 1. The number of ether oxygens (including phenoxy) is 1. The summed E-state index contributed by atoms with van der Waals surface area (Å²) in [4.78, 5) is 8.68. The van der Waals surface area contributed by atoms with Gasteiger partial charge in [0.15, 0.2) is 5.75 Å². The molecule has 0 spiro atoms. The molecule has 0 saturated carbocycles. The molecule has 0 amide bonds. The summed E-state index contributed by atoms with van der Waals surface area (Å²) in [5.41, 5.74) is 1.34. The van der Waals surface area contributed by atoms with Gasteiger partial charge in [-0.3, -0.25) is 0 Å². The van der Waals surface area contributed by atoms with E-state index in [1.807, 2.05) is 54.6 Å². The minimum atomic E-state index is -0.315. The van der Waals surface area contributed by atoms with Crippen molar-refractivity contribution in [3.8, 4) is 11.5 Å². The summed E-state index contributed by atoms with van der Waals surface area (Å²) >= 11 is 0. The highest BCUT2D eigenvalue weighted by Gasteiger charge is 2.07. The van der Waals surface area contributed by atoms with Crippen LogP contribution in [0.1, 0.15) is 0 Å². The summed E-state index contributed by atoms with van der Waals surface area (Å²) in [7, 11) is 0. The van der Waals surface area contributed by atoms with Gasteiger partial charge in [0.1, 0.15) is 17.4 Å². The van der Waals surface area contributed by atoms with E-state index in [1.165, 1.54) is 12.1 Å². The van der Waals surface area contributed by atoms with E-state index in [4.69, 9.17) is 4.74 Å². The zero-order chi connectivity index (χ0) is 19.2. The molecule has 4 aromatic rings. The fourth-order valence-electron chi connectivity index (χ4n) is 2.60. The van der Waals surface area contributed by atoms with Gasteiger partial charge >= 0.3 is 0 Å². The van der Waals surface area contributed by atoms with Crippen molar-refractivity contribution in [2.24, 2.45) is 0 Å². The maximum atomic E-state index is 13.4. The molecular formula is C22H17FN4O. The van der Waals surface area contributed by atoms with Crippen molar-refractivity contribution < 1.29 is 9.13 Å². The van der Waals surface area contributed by atoms with E-state index in [0.29, 0.717) is 23.2 Å². The van der Waals surface area contributed by atoms with Crippen LogP contribution < -0.4 is 15.4 Å². The summed E-state index contributed by atoms with van der Waals surface area (Å²) in [5, 5.41) is 6.23. The number of nitrogens with zero attached hydrogens (tertiary/aromatic N) is 2. The number of benzene rings is 3. The molecule has 0 fully saturated rings. The Morgan fingerprint density at radius 2 is 1.61 bits per heavy atom. The molecule has 0 aliphatic carbocycles. The maximum Gasteiger partial charge on any atom is 0.229 e. The average molecular weight is 372 g/mol. The normalized spacial score (nSPS) is 10.3. The molecule has 6 heteroatoms. The molecule has 0 atom stereocenters. The van der Waals surface area contributed by atoms with Gasteiger partial charge in [-0.15, -0.1) is 0 Å². The third-order valence-corrected chi connectivity index (χ3v) is 3.86. The summed E-state index contributed by atoms with van der Waals surface area (Å²) in [6.45, 7) is 0. The summed E-state index contributed by atoms with van der Waals surface area (Å²) in [5.74, 6) is 2.01. The number of rotatable bonds is 6. The fourth-order valence-corrected chi connectivity index (χ4v) is 2.60. The number of aromatic nitrogens is 2. The van der Waals surface area contributed by atoms with Gasteiger partial charge in [0.05, 0.1) is 5.69 Å². The van der Waals surface area contributed by atoms with Crippen LogP contribution in [-0.4, -0.2) is 9.97 Å². The van der Waals surface area contributed by atoms with Crippen LogP contribution in [0.2, 0.25) is 0 Å². The molecule has 1 heterocycles. The number of hydrogen-bond donors (Lipinski definition) is 2. The molecule has 3 aromatic carbocycles. The molecule has 0 saturated heterocycles. The van der Waals surface area contributed by atoms with Crippen molar-refractivity contribution in [3.63, 3.8) is 0 Å². The molecule has 0 aliphatic heterocycles. The van der Waals surface area contributed by atoms with Crippen molar-refractivity contribution in [2.45, 2.75) is 0 Å². The molecule has 0 unspecified atom stereocenters. The monoisotopic (exact) mass is 372 g/mol. The summed E-state index contributed by atoms with van der Waals surface area (Å²) in [6.07, 6.45) is 1.62. The second-order valence-corrected chi connectivity index (χ2v) is 5.94. The third kappa shape index (κ3) is 4.42. The highest BCUT2D eigenvalue weighted by atomic mass is 19.1. The Balaban J connectivity index is 1.53. The van der Waals surface area contributed by atoms with Crippen LogP contribution in [0.3, 0.4) is 0 Å². The Bertz CT molecular complexity index is 1070. The van der Waals surface area contributed by atoms with E-state index in [-0.39, 0.29) is 5.82 Å². The maximum absolute atomic E-state index is 13.4. The fraction of sp³-hybridized carbons (Fsp3) is 0. The van der Waals surface area contributed by atoms with Crippen molar-refractivity contribution in [1.82, 2.24) is 9.97 Å². The summed E-state index contributed by atoms with van der Waals surface area (Å²) < 4.78 is 19.3. The predicted molar refractivity (Wildman–Crippen MR) is 108 cm³/mol. The Hall–Kier alpha value is -3.93. The lowest BCUT2D eigenvalue weighted by atomic mass is 10.3. The highest BCUT2D eigenvalue weighted by molar-refractivity contribution is 5.64. The molecule has 138 valence electrons. The Morgan fingerprint density at radius 1 is 0.786 bits per heavy atom. The van der Waals surface area contributed by atoms with Gasteiger partial charge in [0, 0.05) is 11.9 Å². The molecule has 0 aliphatic rings. The van der Waals surface area contributed by atoms with Gasteiger partial charge < -0.3 is 15.4 Å². The molecule has 1 aromatic heterocycles. The van der Waals surface area contributed by atoms with E-state index in [2.05, 4.69) is 20.6 Å². The average Bonchev–Trinajstić information content (AvgIpc) is 2.71. The van der Waals surface area contributed by atoms with Gasteiger partial charge in [-0.1, -0.05) is 36.4 Å². The Morgan fingerprint density at radius 3 is 2.46 bits per heavy atom. The van der Waals surface area contributed by atoms with Crippen LogP contribution in [0.4, 0.5) is 27.5 Å². The van der Waals surface area contributed by atoms with Gasteiger partial charge in [-0.25, -0.2) is 9.37 Å². The topological polar surface area (TPSA) is 59.1 Å². The lowest BCUT2D eigenvalue weighted by molar-refractivity contribution is 0.485. The quantitative estimate of drug-likeness (QED) is 0.442. The second-order valence-electron chi connectivity index (χ2n) is 5.94. The highest BCUT2D eigenvalue weighted by Crippen LogP contribution is 2.30.